The molecule has 0 aromatic heterocycles. The summed E-state index contributed by atoms with van der Waals surface area (Å²) in [7, 11) is 0. The predicted octanol–water partition coefficient (Wildman–Crippen LogP) is 2.94. The minimum atomic E-state index is -0.550. The van der Waals surface area contributed by atoms with E-state index in [1.54, 1.807) is 13.0 Å². The summed E-state index contributed by atoms with van der Waals surface area (Å²) in [6, 6.07) is 7.64. The van der Waals surface area contributed by atoms with Crippen LogP contribution in [0.5, 0.6) is 0 Å². The number of allylic oxidation sites excluding steroid dienone is 1. The summed E-state index contributed by atoms with van der Waals surface area (Å²) in [4.78, 5) is 25.5. The number of nitrogens with zero attached hydrogens (tertiary/aromatic N) is 1. The van der Waals surface area contributed by atoms with Crippen LogP contribution in [0.4, 0.5) is 4.79 Å². The Morgan fingerprint density at radius 2 is 2.05 bits per heavy atom. The van der Waals surface area contributed by atoms with Crippen molar-refractivity contribution < 1.29 is 14.3 Å². The summed E-state index contributed by atoms with van der Waals surface area (Å²) in [5.41, 5.74) is 1.83. The first-order chi connectivity index (χ1) is 9.48. The van der Waals surface area contributed by atoms with Crippen molar-refractivity contribution in [2.75, 3.05) is 0 Å². The third-order valence-electron chi connectivity index (χ3n) is 4.24. The fourth-order valence-electron chi connectivity index (χ4n) is 3.35. The number of ether oxygens (including phenoxy) is 1. The largest absolute Gasteiger partial charge is 0.439 e. The second-order valence-electron chi connectivity index (χ2n) is 5.77. The number of fused-ring (bicyclic) bond motifs is 3. The Balaban J connectivity index is 2.10. The van der Waals surface area contributed by atoms with E-state index in [4.69, 9.17) is 4.74 Å². The van der Waals surface area contributed by atoms with Crippen LogP contribution >= 0.6 is 0 Å². The Morgan fingerprint density at radius 3 is 2.75 bits per heavy atom. The van der Waals surface area contributed by atoms with Crippen molar-refractivity contribution in [1.29, 1.82) is 0 Å². The highest BCUT2D eigenvalue weighted by Crippen LogP contribution is 2.52. The molecular formula is C16H17NO3. The fraction of sp³-hybridized carbons (Fsp3) is 0.375. The standard InChI is InChI=1S/C16H17NO3/c1-4-7-12(18)17-14-13(20-15(17)19)10-8-5-6-9-11(10)16(14,2)3/h4-9,13-14H,1-3H3/b7-4+/t13-,14-/m1/s1. The van der Waals surface area contributed by atoms with Crippen LogP contribution in [0, 0.1) is 0 Å². The van der Waals surface area contributed by atoms with Gasteiger partial charge >= 0.3 is 6.09 Å². The Bertz CT molecular complexity index is 618. The van der Waals surface area contributed by atoms with E-state index in [1.165, 1.54) is 11.0 Å². The number of carbonyl (C=O) groups is 2. The van der Waals surface area contributed by atoms with Gasteiger partial charge in [0.1, 0.15) is 0 Å². The molecule has 0 bridgehead atoms. The van der Waals surface area contributed by atoms with E-state index in [0.717, 1.165) is 11.1 Å². The molecule has 0 saturated carbocycles. The Labute approximate surface area is 118 Å². The number of benzene rings is 1. The predicted molar refractivity (Wildman–Crippen MR) is 74.1 cm³/mol. The van der Waals surface area contributed by atoms with Crippen LogP contribution in [-0.4, -0.2) is 22.9 Å². The average molecular weight is 271 g/mol. The summed E-state index contributed by atoms with van der Waals surface area (Å²) >= 11 is 0. The Morgan fingerprint density at radius 1 is 1.35 bits per heavy atom. The molecule has 2 aliphatic rings. The van der Waals surface area contributed by atoms with Gasteiger partial charge in [0, 0.05) is 5.41 Å². The minimum Gasteiger partial charge on any atom is -0.439 e. The number of imide groups is 1. The monoisotopic (exact) mass is 271 g/mol. The molecule has 2 atom stereocenters. The molecule has 2 amide bonds. The van der Waals surface area contributed by atoms with Crippen LogP contribution in [0.3, 0.4) is 0 Å². The zero-order chi connectivity index (χ0) is 14.5. The lowest BCUT2D eigenvalue weighted by atomic mass is 9.82. The van der Waals surface area contributed by atoms with Gasteiger partial charge in [0.15, 0.2) is 6.10 Å². The van der Waals surface area contributed by atoms with Crippen molar-refractivity contribution in [3.8, 4) is 0 Å². The lowest BCUT2D eigenvalue weighted by Gasteiger charge is -2.31. The Kier molecular flexibility index (Phi) is 2.71. The van der Waals surface area contributed by atoms with E-state index in [1.807, 2.05) is 24.3 Å². The summed E-state index contributed by atoms with van der Waals surface area (Å²) in [6.45, 7) is 5.86. The van der Waals surface area contributed by atoms with Crippen molar-refractivity contribution >= 4 is 12.0 Å². The number of carbonyl (C=O) groups excluding carboxylic acids is 2. The van der Waals surface area contributed by atoms with E-state index in [-0.39, 0.29) is 23.5 Å². The molecule has 3 rings (SSSR count). The van der Waals surface area contributed by atoms with Crippen LogP contribution in [0.1, 0.15) is 38.0 Å². The molecule has 4 heteroatoms. The molecular weight excluding hydrogens is 254 g/mol. The molecule has 1 aliphatic heterocycles. The first-order valence-corrected chi connectivity index (χ1v) is 6.74. The quantitative estimate of drug-likeness (QED) is 0.738. The molecule has 0 unspecified atom stereocenters. The van der Waals surface area contributed by atoms with E-state index in [0.29, 0.717) is 0 Å². The second-order valence-corrected chi connectivity index (χ2v) is 5.77. The molecule has 1 heterocycles. The van der Waals surface area contributed by atoms with Gasteiger partial charge in [-0.25, -0.2) is 9.69 Å². The van der Waals surface area contributed by atoms with Crippen LogP contribution in [0.15, 0.2) is 36.4 Å². The molecule has 1 saturated heterocycles. The van der Waals surface area contributed by atoms with Gasteiger partial charge in [0.05, 0.1) is 6.04 Å². The van der Waals surface area contributed by atoms with Crippen molar-refractivity contribution in [2.24, 2.45) is 0 Å². The highest BCUT2D eigenvalue weighted by atomic mass is 16.6. The zero-order valence-electron chi connectivity index (χ0n) is 11.8. The van der Waals surface area contributed by atoms with Crippen LogP contribution in [0.25, 0.3) is 0 Å². The van der Waals surface area contributed by atoms with Gasteiger partial charge in [0.25, 0.3) is 5.91 Å². The Hall–Kier alpha value is -2.10. The molecule has 0 spiro atoms. The number of amides is 2. The minimum absolute atomic E-state index is 0.281. The van der Waals surface area contributed by atoms with Crippen LogP contribution < -0.4 is 0 Å². The third-order valence-corrected chi connectivity index (χ3v) is 4.24. The van der Waals surface area contributed by atoms with Gasteiger partial charge in [-0.3, -0.25) is 4.79 Å². The summed E-state index contributed by atoms with van der Waals surface area (Å²) in [6.07, 6.45) is 2.13. The van der Waals surface area contributed by atoms with Gasteiger partial charge in [-0.1, -0.05) is 44.2 Å². The molecule has 20 heavy (non-hydrogen) atoms. The number of rotatable bonds is 1. The summed E-state index contributed by atoms with van der Waals surface area (Å²) in [5, 5.41) is 0. The first kappa shape index (κ1) is 12.9. The van der Waals surface area contributed by atoms with E-state index in [9.17, 15) is 9.59 Å². The van der Waals surface area contributed by atoms with Crippen LogP contribution in [0.2, 0.25) is 0 Å². The van der Waals surface area contributed by atoms with Crippen molar-refractivity contribution in [1.82, 2.24) is 4.90 Å². The van der Waals surface area contributed by atoms with Gasteiger partial charge in [-0.2, -0.15) is 0 Å². The maximum absolute atomic E-state index is 12.2. The van der Waals surface area contributed by atoms with E-state index < -0.39 is 6.09 Å². The van der Waals surface area contributed by atoms with Crippen molar-refractivity contribution in [3.63, 3.8) is 0 Å². The summed E-state index contributed by atoms with van der Waals surface area (Å²) < 4.78 is 5.46. The number of hydrogen-bond donors (Lipinski definition) is 0. The van der Waals surface area contributed by atoms with Gasteiger partial charge in [-0.15, -0.1) is 0 Å². The maximum atomic E-state index is 12.2. The van der Waals surface area contributed by atoms with Gasteiger partial charge in [0.2, 0.25) is 0 Å². The smallest absolute Gasteiger partial charge is 0.417 e. The molecule has 1 aromatic rings. The molecule has 0 radical (unpaired) electrons. The lowest BCUT2D eigenvalue weighted by molar-refractivity contribution is -0.125. The normalized spacial score (nSPS) is 26.6. The van der Waals surface area contributed by atoms with E-state index >= 15 is 0 Å². The summed E-state index contributed by atoms with van der Waals surface area (Å²) in [5.74, 6) is -0.314. The van der Waals surface area contributed by atoms with E-state index in [2.05, 4.69) is 13.8 Å². The van der Waals surface area contributed by atoms with Crippen molar-refractivity contribution in [2.45, 2.75) is 38.3 Å². The average Bonchev–Trinajstić information content (AvgIpc) is 2.86. The molecule has 0 N–H and O–H groups in total. The third kappa shape index (κ3) is 1.54. The fourth-order valence-corrected chi connectivity index (χ4v) is 3.35. The first-order valence-electron chi connectivity index (χ1n) is 6.74. The highest BCUT2D eigenvalue weighted by molar-refractivity contribution is 6.00. The molecule has 104 valence electrons. The van der Waals surface area contributed by atoms with Gasteiger partial charge < -0.3 is 4.74 Å². The number of hydrogen-bond acceptors (Lipinski definition) is 3. The lowest BCUT2D eigenvalue weighted by Crippen LogP contribution is -2.46. The topological polar surface area (TPSA) is 46.6 Å². The molecule has 1 aromatic carbocycles. The highest BCUT2D eigenvalue weighted by Gasteiger charge is 2.58. The zero-order valence-corrected chi connectivity index (χ0v) is 11.8. The molecule has 4 nitrogen and oxygen atoms in total. The molecule has 1 fully saturated rings. The second kappa shape index (κ2) is 4.20. The maximum Gasteiger partial charge on any atom is 0.417 e. The van der Waals surface area contributed by atoms with Gasteiger partial charge in [-0.05, 0) is 24.1 Å². The molecule has 1 aliphatic carbocycles. The van der Waals surface area contributed by atoms with Crippen LogP contribution in [-0.2, 0) is 14.9 Å². The SMILES string of the molecule is C/C=C/C(=O)N1C(=O)O[C@@H]2c3ccccc3C(C)(C)[C@@H]21. The van der Waals surface area contributed by atoms with Crippen molar-refractivity contribution in [3.05, 3.63) is 47.5 Å².